The third kappa shape index (κ3) is 24.4. The van der Waals surface area contributed by atoms with Gasteiger partial charge in [0, 0.05) is 62.5 Å². The average molecular weight is 1270 g/mol. The summed E-state index contributed by atoms with van der Waals surface area (Å²) in [5.41, 5.74) is -4.10. The Balaban J connectivity index is 1.47. The van der Waals surface area contributed by atoms with Crippen LogP contribution < -0.4 is 0 Å². The lowest BCUT2D eigenvalue weighted by atomic mass is 10.0. The number of aromatic nitrogens is 4. The topological polar surface area (TPSA) is 85.5 Å². The van der Waals surface area contributed by atoms with Gasteiger partial charge in [-0.2, -0.15) is 62.9 Å². The second kappa shape index (κ2) is 32.8. The molecule has 0 radical (unpaired) electrons. The van der Waals surface area contributed by atoms with Gasteiger partial charge in [-0.1, -0.05) is 104 Å². The molecule has 2 aromatic heterocycles. The van der Waals surface area contributed by atoms with Gasteiger partial charge in [0.15, 0.2) is 11.4 Å². The highest BCUT2D eigenvalue weighted by Crippen LogP contribution is 2.37. The Kier molecular flexibility index (Phi) is 27.8. The minimum Gasteiger partial charge on any atom is -0.376 e. The number of likely N-dealkylation sites (N-methyl/N-ethyl adjacent to an activating group) is 4. The number of nitrogens with zero attached hydrogens (tertiary/aromatic N) is 8. The van der Waals surface area contributed by atoms with Crippen molar-refractivity contribution in [2.24, 2.45) is 23.7 Å². The Morgan fingerprint density at radius 3 is 0.977 bits per heavy atom. The highest BCUT2D eigenvalue weighted by Gasteiger charge is 2.43. The van der Waals surface area contributed by atoms with Crippen LogP contribution >= 0.6 is 0 Å². The van der Waals surface area contributed by atoms with E-state index in [4.69, 9.17) is 18.9 Å². The van der Waals surface area contributed by atoms with Gasteiger partial charge in [0.2, 0.25) is 0 Å². The normalized spacial score (nSPS) is 24.1. The standard InChI is InChI=1S/C64H96F12N8O4/c1-41(2)21-51-37-85-45(9)31-79(11)54(24-44(7)8)40-88-56(28-48-18-16-20-50(26-48)34-84-60(64(74,75)76)30-58(78-84)62(68,69)70)36-82(14)52(22-42(3)4)38-86-46(10)32-80(12)53(23-43(5)6)39-87-55(35-81(51)13)27-47-17-15-19-49(25-47)33-83-59(63(71,72)73)29-57(77-83)61(65,66)67/h15-20,25-26,29-30,41-46,51-56H,21-24,27-28,31-40H2,1-14H3/t45-,46-,51+,52+,53+,54+,55-,56-/m1/s1. The van der Waals surface area contributed by atoms with Crippen molar-refractivity contribution in [3.05, 3.63) is 106 Å². The number of benzene rings is 2. The van der Waals surface area contributed by atoms with Gasteiger partial charge in [-0.05, 0) is 126 Å². The van der Waals surface area contributed by atoms with Crippen molar-refractivity contribution in [1.29, 1.82) is 0 Å². The first-order valence-corrected chi connectivity index (χ1v) is 30.7. The van der Waals surface area contributed by atoms with Gasteiger partial charge < -0.3 is 18.9 Å². The van der Waals surface area contributed by atoms with E-state index in [9.17, 15) is 52.7 Å². The Hall–Kier alpha value is -4.30. The lowest BCUT2D eigenvalue weighted by Gasteiger charge is -2.37. The van der Waals surface area contributed by atoms with Crippen LogP contribution in [0.25, 0.3) is 0 Å². The average Bonchev–Trinajstić information content (AvgIpc) is 2.10. The molecule has 0 saturated carbocycles. The Labute approximate surface area is 513 Å². The number of hydrogen-bond donors (Lipinski definition) is 0. The van der Waals surface area contributed by atoms with Gasteiger partial charge >= 0.3 is 24.7 Å². The van der Waals surface area contributed by atoms with E-state index in [-0.39, 0.29) is 72.2 Å². The summed E-state index contributed by atoms with van der Waals surface area (Å²) < 4.78 is 195. The number of halogens is 12. The SMILES string of the molecule is CC(C)C[C@H]1CO[C@H](C)CN(C)[C@@H](CC(C)C)CO[C@H](Cc2cccc(Cn3nc(C(F)(F)F)cc3C(F)(F)F)c2)CN(C)[C@@H](CC(C)C)CO[C@H](C)CN(C)[C@@H](CC(C)C)CO[C@H](Cc2cccc(Cn3nc(C(F)(F)F)cc3C(F)(F)F)c2)CN1C. The molecular formula is C64H96F12N8O4. The summed E-state index contributed by atoms with van der Waals surface area (Å²) in [5, 5.41) is 6.68. The van der Waals surface area contributed by atoms with Gasteiger partial charge in [0.1, 0.15) is 11.4 Å². The van der Waals surface area contributed by atoms with Gasteiger partial charge in [-0.25, -0.2) is 0 Å². The maximum atomic E-state index is 14.1. The van der Waals surface area contributed by atoms with Crippen molar-refractivity contribution in [1.82, 2.24) is 39.2 Å². The van der Waals surface area contributed by atoms with E-state index in [1.807, 2.05) is 54.2 Å². The predicted octanol–water partition coefficient (Wildman–Crippen LogP) is 14.0. The summed E-state index contributed by atoms with van der Waals surface area (Å²) in [6.07, 6.45) is -17.8. The van der Waals surface area contributed by atoms with Gasteiger partial charge in [0.05, 0.1) is 63.9 Å². The van der Waals surface area contributed by atoms with Crippen LogP contribution in [0.1, 0.15) is 140 Å². The largest absolute Gasteiger partial charge is 0.435 e. The Morgan fingerprint density at radius 2 is 0.693 bits per heavy atom. The van der Waals surface area contributed by atoms with Crippen LogP contribution in [0.2, 0.25) is 0 Å². The smallest absolute Gasteiger partial charge is 0.376 e. The van der Waals surface area contributed by atoms with Crippen LogP contribution in [-0.2, 0) is 69.6 Å². The van der Waals surface area contributed by atoms with Gasteiger partial charge in [-0.3, -0.25) is 29.0 Å². The molecule has 8 atom stereocenters. The third-order valence-corrected chi connectivity index (χ3v) is 16.0. The molecule has 0 amide bonds. The third-order valence-electron chi connectivity index (χ3n) is 16.0. The molecule has 1 aliphatic rings. The number of alkyl halides is 12. The van der Waals surface area contributed by atoms with Crippen molar-refractivity contribution in [2.45, 2.75) is 194 Å². The van der Waals surface area contributed by atoms with E-state index in [0.29, 0.717) is 85.9 Å². The molecule has 1 saturated heterocycles. The monoisotopic (exact) mass is 1270 g/mol. The molecule has 3 heterocycles. The fraction of sp³-hybridized carbons (Fsp3) is 0.719. The summed E-state index contributed by atoms with van der Waals surface area (Å²) in [6, 6.07) is 13.4. The molecule has 500 valence electrons. The molecule has 1 fully saturated rings. The first-order valence-electron chi connectivity index (χ1n) is 30.7. The molecule has 88 heavy (non-hydrogen) atoms. The van der Waals surface area contributed by atoms with Crippen molar-refractivity contribution in [3.63, 3.8) is 0 Å². The molecule has 24 heteroatoms. The molecule has 1 aliphatic heterocycles. The summed E-state index contributed by atoms with van der Waals surface area (Å²) >= 11 is 0. The highest BCUT2D eigenvalue weighted by atomic mass is 19.4. The highest BCUT2D eigenvalue weighted by molar-refractivity contribution is 5.27. The van der Waals surface area contributed by atoms with Crippen LogP contribution in [0.5, 0.6) is 0 Å². The minimum absolute atomic E-state index is 0.0335. The number of ether oxygens (including phenoxy) is 4. The molecule has 4 aromatic rings. The summed E-state index contributed by atoms with van der Waals surface area (Å²) in [5.74, 6) is 1.11. The van der Waals surface area contributed by atoms with Crippen molar-refractivity contribution >= 4 is 0 Å². The van der Waals surface area contributed by atoms with E-state index in [1.54, 1.807) is 36.4 Å². The first kappa shape index (κ1) is 74.4. The molecule has 5 rings (SSSR count). The quantitative estimate of drug-likeness (QED) is 0.101. The first-order chi connectivity index (χ1) is 40.8. The van der Waals surface area contributed by atoms with E-state index in [0.717, 1.165) is 36.8 Å². The Morgan fingerprint density at radius 1 is 0.409 bits per heavy atom. The number of rotatable bonds is 16. The molecule has 12 nitrogen and oxygen atoms in total. The fourth-order valence-electron chi connectivity index (χ4n) is 11.6. The second-order valence-corrected chi connectivity index (χ2v) is 26.3. The maximum Gasteiger partial charge on any atom is 0.435 e. The lowest BCUT2D eigenvalue weighted by molar-refractivity contribution is -0.145. The molecule has 0 unspecified atom stereocenters. The van der Waals surface area contributed by atoms with Crippen LogP contribution in [0.3, 0.4) is 0 Å². The zero-order valence-corrected chi connectivity index (χ0v) is 53.8. The van der Waals surface area contributed by atoms with Crippen molar-refractivity contribution in [2.75, 3.05) is 80.8 Å². The maximum absolute atomic E-state index is 14.1. The lowest BCUT2D eigenvalue weighted by Crippen LogP contribution is -2.47. The molecule has 2 aromatic carbocycles. The van der Waals surface area contributed by atoms with Crippen LogP contribution in [0.15, 0.2) is 60.7 Å². The van der Waals surface area contributed by atoms with E-state index < -0.39 is 72.8 Å². The fourth-order valence-corrected chi connectivity index (χ4v) is 11.6. The summed E-state index contributed by atoms with van der Waals surface area (Å²) in [7, 11) is 8.13. The van der Waals surface area contributed by atoms with Crippen LogP contribution in [0.4, 0.5) is 52.7 Å². The second-order valence-electron chi connectivity index (χ2n) is 26.3. The zero-order valence-electron chi connectivity index (χ0n) is 53.8. The zero-order chi connectivity index (χ0) is 65.6. The molecule has 0 spiro atoms. The number of hydrogen-bond acceptors (Lipinski definition) is 10. The summed E-state index contributed by atoms with van der Waals surface area (Å²) in [4.78, 5) is 8.95. The van der Waals surface area contributed by atoms with Crippen LogP contribution in [-0.4, -0.2) is 169 Å². The molecule has 0 bridgehead atoms. The Bertz CT molecular complexity index is 2500. The van der Waals surface area contributed by atoms with E-state index >= 15 is 0 Å². The predicted molar refractivity (Wildman–Crippen MR) is 317 cm³/mol. The van der Waals surface area contributed by atoms with Crippen LogP contribution in [0, 0.1) is 23.7 Å². The van der Waals surface area contributed by atoms with E-state index in [2.05, 4.69) is 85.2 Å². The van der Waals surface area contributed by atoms with Crippen molar-refractivity contribution < 1.29 is 71.6 Å². The molecule has 0 N–H and O–H groups in total. The summed E-state index contributed by atoms with van der Waals surface area (Å²) in [6.45, 7) is 23.5. The van der Waals surface area contributed by atoms with Gasteiger partial charge in [0.25, 0.3) is 0 Å². The van der Waals surface area contributed by atoms with Crippen molar-refractivity contribution in [3.8, 4) is 0 Å². The molecular weight excluding hydrogens is 1170 g/mol. The minimum atomic E-state index is -5.07. The van der Waals surface area contributed by atoms with E-state index in [1.165, 1.54) is 0 Å². The molecule has 0 aliphatic carbocycles. The van der Waals surface area contributed by atoms with Gasteiger partial charge in [-0.15, -0.1) is 0 Å².